The Hall–Kier alpha value is -1.85. The SMILES string of the molecule is O=S(=O)(NCc1ccccc1O)c1ccc2c(c1)CCC2. The maximum Gasteiger partial charge on any atom is 0.240 e. The lowest BCUT2D eigenvalue weighted by atomic mass is 10.1. The highest BCUT2D eigenvalue weighted by molar-refractivity contribution is 7.89. The molecule has 4 nitrogen and oxygen atoms in total. The van der Waals surface area contributed by atoms with E-state index in [2.05, 4.69) is 4.72 Å². The van der Waals surface area contributed by atoms with Crippen LogP contribution in [0.4, 0.5) is 0 Å². The van der Waals surface area contributed by atoms with Gasteiger partial charge in [-0.05, 0) is 48.6 Å². The second-order valence-electron chi connectivity index (χ2n) is 5.24. The van der Waals surface area contributed by atoms with Gasteiger partial charge in [0.2, 0.25) is 10.0 Å². The first-order chi connectivity index (χ1) is 10.1. The van der Waals surface area contributed by atoms with Gasteiger partial charge in [-0.25, -0.2) is 13.1 Å². The van der Waals surface area contributed by atoms with Crippen LogP contribution in [0.1, 0.15) is 23.1 Å². The minimum atomic E-state index is -3.56. The number of fused-ring (bicyclic) bond motifs is 1. The van der Waals surface area contributed by atoms with Gasteiger partial charge in [-0.2, -0.15) is 0 Å². The van der Waals surface area contributed by atoms with Gasteiger partial charge in [-0.3, -0.25) is 0 Å². The predicted octanol–water partition coefficient (Wildman–Crippen LogP) is 2.36. The molecule has 0 spiro atoms. The van der Waals surface area contributed by atoms with Crippen molar-refractivity contribution in [3.63, 3.8) is 0 Å². The van der Waals surface area contributed by atoms with E-state index < -0.39 is 10.0 Å². The molecule has 0 radical (unpaired) electrons. The summed E-state index contributed by atoms with van der Waals surface area (Å²) in [6.07, 6.45) is 3.06. The molecule has 2 N–H and O–H groups in total. The fraction of sp³-hybridized carbons (Fsp3) is 0.250. The standard InChI is InChI=1S/C16H17NO3S/c18-16-7-2-1-4-14(16)11-17-21(19,20)15-9-8-12-5-3-6-13(12)10-15/h1-2,4,7-10,17-18H,3,5-6,11H2. The first kappa shape index (κ1) is 14.1. The summed E-state index contributed by atoms with van der Waals surface area (Å²) in [5.74, 6) is 0.0918. The molecule has 0 amide bonds. The number of nitrogens with one attached hydrogen (secondary N) is 1. The summed E-state index contributed by atoms with van der Waals surface area (Å²) >= 11 is 0. The van der Waals surface area contributed by atoms with E-state index >= 15 is 0 Å². The average molecular weight is 303 g/mol. The number of benzene rings is 2. The van der Waals surface area contributed by atoms with Crippen molar-refractivity contribution < 1.29 is 13.5 Å². The van der Waals surface area contributed by atoms with Gasteiger partial charge in [0.15, 0.2) is 0 Å². The molecule has 2 aromatic carbocycles. The quantitative estimate of drug-likeness (QED) is 0.911. The van der Waals surface area contributed by atoms with Crippen molar-refractivity contribution in [2.24, 2.45) is 0 Å². The summed E-state index contributed by atoms with van der Waals surface area (Å²) in [4.78, 5) is 0.290. The lowest BCUT2D eigenvalue weighted by Gasteiger charge is -2.09. The summed E-state index contributed by atoms with van der Waals surface area (Å²) in [5.41, 5.74) is 2.93. The number of para-hydroxylation sites is 1. The van der Waals surface area contributed by atoms with E-state index in [9.17, 15) is 13.5 Å². The highest BCUT2D eigenvalue weighted by Gasteiger charge is 2.18. The van der Waals surface area contributed by atoms with Crippen LogP contribution in [-0.2, 0) is 29.4 Å². The van der Waals surface area contributed by atoms with Crippen molar-refractivity contribution >= 4 is 10.0 Å². The molecule has 0 saturated heterocycles. The minimum Gasteiger partial charge on any atom is -0.508 e. The van der Waals surface area contributed by atoms with Crippen LogP contribution in [0.3, 0.4) is 0 Å². The third kappa shape index (κ3) is 2.94. The summed E-state index contributed by atoms with van der Waals surface area (Å²) in [6, 6.07) is 12.0. The van der Waals surface area contributed by atoms with Gasteiger partial charge in [0, 0.05) is 12.1 Å². The van der Waals surface area contributed by atoms with Gasteiger partial charge >= 0.3 is 0 Å². The van der Waals surface area contributed by atoms with Crippen LogP contribution in [0.2, 0.25) is 0 Å². The lowest BCUT2D eigenvalue weighted by Crippen LogP contribution is -2.23. The Bertz CT molecular complexity index is 769. The Kier molecular flexibility index (Phi) is 3.69. The Labute approximate surface area is 124 Å². The zero-order chi connectivity index (χ0) is 14.9. The molecule has 21 heavy (non-hydrogen) atoms. The molecule has 0 saturated carbocycles. The number of rotatable bonds is 4. The van der Waals surface area contributed by atoms with Crippen molar-refractivity contribution in [2.75, 3.05) is 0 Å². The number of phenols is 1. The van der Waals surface area contributed by atoms with Crippen LogP contribution in [0.5, 0.6) is 5.75 Å². The monoisotopic (exact) mass is 303 g/mol. The van der Waals surface area contributed by atoms with Crippen LogP contribution in [0.25, 0.3) is 0 Å². The number of phenolic OH excluding ortho intramolecular Hbond substituents is 1. The van der Waals surface area contributed by atoms with Gasteiger partial charge in [-0.15, -0.1) is 0 Å². The number of aryl methyl sites for hydroxylation is 2. The highest BCUT2D eigenvalue weighted by Crippen LogP contribution is 2.25. The van der Waals surface area contributed by atoms with Gasteiger partial charge in [-0.1, -0.05) is 24.3 Å². The van der Waals surface area contributed by atoms with E-state index in [-0.39, 0.29) is 12.3 Å². The molecular formula is C16H17NO3S. The molecule has 0 aliphatic heterocycles. The van der Waals surface area contributed by atoms with Crippen molar-refractivity contribution in [1.82, 2.24) is 4.72 Å². The van der Waals surface area contributed by atoms with E-state index in [1.165, 1.54) is 5.56 Å². The molecule has 0 atom stereocenters. The Morgan fingerprint density at radius 2 is 1.81 bits per heavy atom. The second-order valence-corrected chi connectivity index (χ2v) is 7.00. The Morgan fingerprint density at radius 1 is 1.05 bits per heavy atom. The van der Waals surface area contributed by atoms with E-state index in [0.717, 1.165) is 24.8 Å². The largest absolute Gasteiger partial charge is 0.508 e. The third-order valence-corrected chi connectivity index (χ3v) is 5.22. The summed E-state index contributed by atoms with van der Waals surface area (Å²) < 4.78 is 27.2. The van der Waals surface area contributed by atoms with Crippen LogP contribution >= 0.6 is 0 Å². The van der Waals surface area contributed by atoms with Crippen LogP contribution in [0.15, 0.2) is 47.4 Å². The molecule has 0 unspecified atom stereocenters. The molecule has 3 rings (SSSR count). The summed E-state index contributed by atoms with van der Waals surface area (Å²) in [6.45, 7) is 0.0755. The molecule has 1 aliphatic rings. The fourth-order valence-corrected chi connectivity index (χ4v) is 3.69. The molecule has 110 valence electrons. The number of aromatic hydroxyl groups is 1. The Morgan fingerprint density at radius 3 is 2.62 bits per heavy atom. The zero-order valence-corrected chi connectivity index (χ0v) is 12.4. The number of sulfonamides is 1. The number of hydrogen-bond acceptors (Lipinski definition) is 3. The van der Waals surface area contributed by atoms with E-state index in [1.54, 1.807) is 36.4 Å². The van der Waals surface area contributed by atoms with Crippen molar-refractivity contribution in [2.45, 2.75) is 30.7 Å². The maximum absolute atomic E-state index is 12.3. The summed E-state index contributed by atoms with van der Waals surface area (Å²) in [5, 5.41) is 9.67. The molecule has 5 heteroatoms. The van der Waals surface area contributed by atoms with Gasteiger partial charge < -0.3 is 5.11 Å². The molecule has 0 aromatic heterocycles. The molecule has 1 aliphatic carbocycles. The van der Waals surface area contributed by atoms with Crippen LogP contribution < -0.4 is 4.72 Å². The van der Waals surface area contributed by atoms with Gasteiger partial charge in [0.25, 0.3) is 0 Å². The lowest BCUT2D eigenvalue weighted by molar-refractivity contribution is 0.467. The first-order valence-corrected chi connectivity index (χ1v) is 8.43. The first-order valence-electron chi connectivity index (χ1n) is 6.94. The Balaban J connectivity index is 1.80. The molecule has 2 aromatic rings. The molecule has 0 bridgehead atoms. The van der Waals surface area contributed by atoms with Gasteiger partial charge in [0.05, 0.1) is 4.90 Å². The maximum atomic E-state index is 12.3. The molecule has 0 heterocycles. The predicted molar refractivity (Wildman–Crippen MR) is 80.6 cm³/mol. The minimum absolute atomic E-state index is 0.0755. The highest BCUT2D eigenvalue weighted by atomic mass is 32.2. The van der Waals surface area contributed by atoms with Crippen molar-refractivity contribution in [3.05, 3.63) is 59.2 Å². The van der Waals surface area contributed by atoms with E-state index in [0.29, 0.717) is 10.5 Å². The summed E-state index contributed by atoms with van der Waals surface area (Å²) in [7, 11) is -3.56. The molecular weight excluding hydrogens is 286 g/mol. The normalized spacial score (nSPS) is 14.1. The fourth-order valence-electron chi connectivity index (χ4n) is 2.63. The smallest absolute Gasteiger partial charge is 0.240 e. The van der Waals surface area contributed by atoms with E-state index in [4.69, 9.17) is 0 Å². The van der Waals surface area contributed by atoms with Crippen LogP contribution in [0, 0.1) is 0 Å². The number of hydrogen-bond donors (Lipinski definition) is 2. The topological polar surface area (TPSA) is 66.4 Å². The van der Waals surface area contributed by atoms with Crippen molar-refractivity contribution in [3.8, 4) is 5.75 Å². The molecule has 0 fully saturated rings. The van der Waals surface area contributed by atoms with E-state index in [1.807, 2.05) is 6.07 Å². The third-order valence-electron chi connectivity index (χ3n) is 3.82. The average Bonchev–Trinajstić information content (AvgIpc) is 2.94. The second kappa shape index (κ2) is 5.50. The zero-order valence-electron chi connectivity index (χ0n) is 11.5. The van der Waals surface area contributed by atoms with Crippen LogP contribution in [-0.4, -0.2) is 13.5 Å². The van der Waals surface area contributed by atoms with Crippen molar-refractivity contribution in [1.29, 1.82) is 0 Å². The van der Waals surface area contributed by atoms with Gasteiger partial charge in [0.1, 0.15) is 5.75 Å².